The molecule has 1 fully saturated rings. The van der Waals surface area contributed by atoms with Gasteiger partial charge in [0.15, 0.2) is 27.9 Å². The smallest absolute Gasteiger partial charge is 0.331 e. The van der Waals surface area contributed by atoms with E-state index in [1.807, 2.05) is 6.92 Å². The highest BCUT2D eigenvalue weighted by Gasteiger charge is 2.34. The van der Waals surface area contributed by atoms with E-state index >= 15 is 0 Å². The first kappa shape index (κ1) is 22.7. The Bertz CT molecular complexity index is 864. The number of rotatable bonds is 9. The first-order chi connectivity index (χ1) is 13.8. The van der Waals surface area contributed by atoms with Crippen LogP contribution in [0.4, 0.5) is 0 Å². The van der Waals surface area contributed by atoms with Crippen LogP contribution in [0.3, 0.4) is 0 Å². The van der Waals surface area contributed by atoms with Gasteiger partial charge in [0.25, 0.3) is 5.91 Å². The van der Waals surface area contributed by atoms with Crippen molar-refractivity contribution < 1.29 is 32.6 Å². The lowest BCUT2D eigenvalue weighted by Gasteiger charge is -2.28. The van der Waals surface area contributed by atoms with Crippen LogP contribution in [0.2, 0.25) is 0 Å². The Morgan fingerprint density at radius 2 is 2.10 bits per heavy atom. The third-order valence-corrected chi connectivity index (χ3v) is 6.43. The summed E-state index contributed by atoms with van der Waals surface area (Å²) in [4.78, 5) is 26.0. The number of phenolic OH excluding ortho intramolecular Hbond substituents is 1. The number of nitrogens with zero attached hydrogens (tertiary/aromatic N) is 1. The van der Waals surface area contributed by atoms with Gasteiger partial charge in [-0.1, -0.05) is 19.4 Å². The zero-order valence-corrected chi connectivity index (χ0v) is 17.5. The van der Waals surface area contributed by atoms with Crippen LogP contribution < -0.4 is 4.74 Å². The van der Waals surface area contributed by atoms with Crippen molar-refractivity contribution in [1.29, 1.82) is 0 Å². The molecule has 1 aliphatic heterocycles. The second kappa shape index (κ2) is 10.3. The summed E-state index contributed by atoms with van der Waals surface area (Å²) in [7, 11) is -1.70. The Morgan fingerprint density at radius 3 is 2.72 bits per heavy atom. The van der Waals surface area contributed by atoms with Gasteiger partial charge in [-0.05, 0) is 36.6 Å². The van der Waals surface area contributed by atoms with E-state index in [0.29, 0.717) is 18.5 Å². The highest BCUT2D eigenvalue weighted by molar-refractivity contribution is 7.91. The SMILES string of the molecule is CCCCN(C(=O)COC(=O)/C=C/c1ccc(O)c(OC)c1)[C@@H]1CCS(=O)(=O)C1. The Kier molecular flexibility index (Phi) is 8.07. The Hall–Kier alpha value is -2.55. The fraction of sp³-hybridized carbons (Fsp3) is 0.500. The van der Waals surface area contributed by atoms with E-state index in [-0.39, 0.29) is 29.0 Å². The summed E-state index contributed by atoms with van der Waals surface area (Å²) in [6, 6.07) is 4.23. The van der Waals surface area contributed by atoms with Gasteiger partial charge in [0.2, 0.25) is 0 Å². The summed E-state index contributed by atoms with van der Waals surface area (Å²) in [5, 5.41) is 9.57. The maximum Gasteiger partial charge on any atom is 0.331 e. The topological polar surface area (TPSA) is 110 Å². The van der Waals surface area contributed by atoms with E-state index in [1.54, 1.807) is 12.1 Å². The Morgan fingerprint density at radius 1 is 1.34 bits per heavy atom. The number of phenols is 1. The predicted octanol–water partition coefficient (Wildman–Crippen LogP) is 1.77. The van der Waals surface area contributed by atoms with Gasteiger partial charge >= 0.3 is 5.97 Å². The van der Waals surface area contributed by atoms with Crippen molar-refractivity contribution in [2.75, 3.05) is 31.8 Å². The van der Waals surface area contributed by atoms with Crippen LogP contribution in [0.15, 0.2) is 24.3 Å². The monoisotopic (exact) mass is 425 g/mol. The van der Waals surface area contributed by atoms with Crippen LogP contribution in [0.25, 0.3) is 6.08 Å². The van der Waals surface area contributed by atoms with E-state index < -0.39 is 28.3 Å². The van der Waals surface area contributed by atoms with Crippen molar-refractivity contribution in [1.82, 2.24) is 4.90 Å². The molecule has 0 saturated carbocycles. The molecule has 1 aromatic carbocycles. The number of amides is 1. The minimum Gasteiger partial charge on any atom is -0.504 e. The molecule has 0 spiro atoms. The molecule has 160 valence electrons. The number of carbonyl (C=O) groups excluding carboxylic acids is 2. The summed E-state index contributed by atoms with van der Waals surface area (Å²) < 4.78 is 33.5. The molecular weight excluding hydrogens is 398 g/mol. The molecule has 0 aromatic heterocycles. The standard InChI is InChI=1S/C20H27NO7S/c1-3-4-10-21(16-9-11-29(25,26)14-16)19(23)13-28-20(24)8-6-15-5-7-17(22)18(12-15)27-2/h5-8,12,16,22H,3-4,9-11,13-14H2,1-2H3/b8-6+/t16-/m1/s1. The van der Waals surface area contributed by atoms with Gasteiger partial charge in [-0.15, -0.1) is 0 Å². The number of methoxy groups -OCH3 is 1. The molecule has 1 saturated heterocycles. The fourth-order valence-corrected chi connectivity index (χ4v) is 4.82. The second-order valence-corrected chi connectivity index (χ2v) is 9.10. The Balaban J connectivity index is 1.93. The van der Waals surface area contributed by atoms with Gasteiger partial charge in [-0.25, -0.2) is 13.2 Å². The van der Waals surface area contributed by atoms with Crippen molar-refractivity contribution >= 4 is 27.8 Å². The molecular formula is C20H27NO7S. The largest absolute Gasteiger partial charge is 0.504 e. The number of carbonyl (C=O) groups is 2. The van der Waals surface area contributed by atoms with Crippen molar-refractivity contribution in [3.05, 3.63) is 29.8 Å². The number of hydrogen-bond donors (Lipinski definition) is 1. The molecule has 0 radical (unpaired) electrons. The fourth-order valence-electron chi connectivity index (χ4n) is 3.09. The van der Waals surface area contributed by atoms with Crippen molar-refractivity contribution in [3.63, 3.8) is 0 Å². The average Bonchev–Trinajstić information content (AvgIpc) is 3.05. The van der Waals surface area contributed by atoms with Gasteiger partial charge in [-0.3, -0.25) is 4.79 Å². The molecule has 0 unspecified atom stereocenters. The van der Waals surface area contributed by atoms with Crippen LogP contribution >= 0.6 is 0 Å². The molecule has 1 amide bonds. The van der Waals surface area contributed by atoms with E-state index in [4.69, 9.17) is 9.47 Å². The van der Waals surface area contributed by atoms with Gasteiger partial charge < -0.3 is 19.5 Å². The van der Waals surface area contributed by atoms with Crippen molar-refractivity contribution in [2.45, 2.75) is 32.2 Å². The average molecular weight is 426 g/mol. The zero-order valence-electron chi connectivity index (χ0n) is 16.7. The molecule has 0 aliphatic carbocycles. The number of unbranched alkanes of at least 4 members (excludes halogenated alkanes) is 1. The lowest BCUT2D eigenvalue weighted by atomic mass is 10.2. The van der Waals surface area contributed by atoms with E-state index in [1.165, 1.54) is 30.2 Å². The van der Waals surface area contributed by atoms with Crippen LogP contribution in [-0.2, 0) is 24.2 Å². The normalized spacial score (nSPS) is 17.9. The molecule has 1 heterocycles. The van der Waals surface area contributed by atoms with Crippen LogP contribution in [0.1, 0.15) is 31.7 Å². The summed E-state index contributed by atoms with van der Waals surface area (Å²) in [6.07, 6.45) is 4.68. The first-order valence-corrected chi connectivity index (χ1v) is 11.3. The minimum absolute atomic E-state index is 0.0149. The lowest BCUT2D eigenvalue weighted by molar-refractivity contribution is -0.149. The van der Waals surface area contributed by atoms with Gasteiger partial charge in [0.1, 0.15) is 0 Å². The highest BCUT2D eigenvalue weighted by Crippen LogP contribution is 2.26. The van der Waals surface area contributed by atoms with Gasteiger partial charge in [0, 0.05) is 18.7 Å². The number of benzene rings is 1. The summed E-state index contributed by atoms with van der Waals surface area (Å²) in [5.74, 6) is -0.799. The number of ether oxygens (including phenoxy) is 2. The maximum atomic E-state index is 12.5. The number of esters is 1. The van der Waals surface area contributed by atoms with Crippen molar-refractivity contribution in [3.8, 4) is 11.5 Å². The summed E-state index contributed by atoms with van der Waals surface area (Å²) >= 11 is 0. The van der Waals surface area contributed by atoms with E-state index in [9.17, 15) is 23.1 Å². The van der Waals surface area contributed by atoms with Crippen molar-refractivity contribution in [2.24, 2.45) is 0 Å². The summed E-state index contributed by atoms with van der Waals surface area (Å²) in [6.45, 7) is 1.98. The predicted molar refractivity (Wildman–Crippen MR) is 108 cm³/mol. The minimum atomic E-state index is -3.12. The van der Waals surface area contributed by atoms with E-state index in [2.05, 4.69) is 0 Å². The van der Waals surface area contributed by atoms with Gasteiger partial charge in [0.05, 0.1) is 18.6 Å². The molecule has 0 bridgehead atoms. The summed E-state index contributed by atoms with van der Waals surface area (Å²) in [5.41, 5.74) is 0.615. The van der Waals surface area contributed by atoms with Crippen LogP contribution in [0, 0.1) is 0 Å². The number of hydrogen-bond acceptors (Lipinski definition) is 7. The van der Waals surface area contributed by atoms with Gasteiger partial charge in [-0.2, -0.15) is 0 Å². The Labute approximate surface area is 171 Å². The highest BCUT2D eigenvalue weighted by atomic mass is 32.2. The van der Waals surface area contributed by atoms with Crippen LogP contribution in [0.5, 0.6) is 11.5 Å². The molecule has 1 aromatic rings. The molecule has 1 aliphatic rings. The third kappa shape index (κ3) is 6.77. The second-order valence-electron chi connectivity index (χ2n) is 6.87. The van der Waals surface area contributed by atoms with E-state index in [0.717, 1.165) is 12.8 Å². The quantitative estimate of drug-likeness (QED) is 0.474. The number of sulfone groups is 1. The molecule has 1 atom stereocenters. The molecule has 8 nitrogen and oxygen atoms in total. The molecule has 2 rings (SSSR count). The molecule has 1 N–H and O–H groups in total. The van der Waals surface area contributed by atoms with Crippen LogP contribution in [-0.4, -0.2) is 68.1 Å². The third-order valence-electron chi connectivity index (χ3n) is 4.68. The molecule has 9 heteroatoms. The zero-order chi connectivity index (χ0) is 21.4. The maximum absolute atomic E-state index is 12.5. The number of aromatic hydroxyl groups is 1. The molecule has 29 heavy (non-hydrogen) atoms. The lowest BCUT2D eigenvalue weighted by Crippen LogP contribution is -2.43. The first-order valence-electron chi connectivity index (χ1n) is 9.47.